The zero-order chi connectivity index (χ0) is 13.2. The summed E-state index contributed by atoms with van der Waals surface area (Å²) >= 11 is 3.53. The van der Waals surface area contributed by atoms with Crippen LogP contribution in [0, 0.1) is 0 Å². The molecule has 0 radical (unpaired) electrons. The van der Waals surface area contributed by atoms with Gasteiger partial charge in [0.15, 0.2) is 0 Å². The molecule has 1 aromatic rings. The van der Waals surface area contributed by atoms with Crippen LogP contribution in [0.1, 0.15) is 24.8 Å². The Hall–Kier alpha value is -0.870. The van der Waals surface area contributed by atoms with Crippen molar-refractivity contribution in [3.63, 3.8) is 0 Å². The maximum absolute atomic E-state index is 12.6. The molecule has 2 atom stereocenters. The Bertz CT molecular complexity index is 463. The summed E-state index contributed by atoms with van der Waals surface area (Å²) < 4.78 is 1.03. The molecular weight excluding hydrogens is 304 g/mol. The van der Waals surface area contributed by atoms with E-state index in [-0.39, 0.29) is 5.91 Å². The summed E-state index contributed by atoms with van der Waals surface area (Å²) in [6, 6.07) is 8.86. The average Bonchev–Trinajstić information content (AvgIpc) is 2.66. The lowest BCUT2D eigenvalue weighted by atomic mass is 10.1. The van der Waals surface area contributed by atoms with Gasteiger partial charge in [-0.2, -0.15) is 0 Å². The lowest BCUT2D eigenvalue weighted by molar-refractivity contribution is -0.133. The van der Waals surface area contributed by atoms with Crippen molar-refractivity contribution in [2.24, 2.45) is 0 Å². The first-order chi connectivity index (χ1) is 9.25. The van der Waals surface area contributed by atoms with Crippen molar-refractivity contribution in [1.29, 1.82) is 0 Å². The molecule has 2 aliphatic rings. The van der Waals surface area contributed by atoms with Crippen LogP contribution in [0.2, 0.25) is 0 Å². The average molecular weight is 323 g/mol. The van der Waals surface area contributed by atoms with E-state index >= 15 is 0 Å². The predicted molar refractivity (Wildman–Crippen MR) is 79.0 cm³/mol. The Morgan fingerprint density at radius 2 is 2.05 bits per heavy atom. The minimum Gasteiger partial charge on any atom is -0.335 e. The van der Waals surface area contributed by atoms with Gasteiger partial charge in [-0.25, -0.2) is 0 Å². The molecule has 2 saturated heterocycles. The molecule has 102 valence electrons. The molecule has 19 heavy (non-hydrogen) atoms. The summed E-state index contributed by atoms with van der Waals surface area (Å²) in [6.07, 6.45) is 3.93. The molecule has 1 N–H and O–H groups in total. The monoisotopic (exact) mass is 322 g/mol. The second-order valence-electron chi connectivity index (χ2n) is 5.45. The fourth-order valence-electron chi connectivity index (χ4n) is 3.29. The predicted octanol–water partition coefficient (Wildman–Crippen LogP) is 2.34. The molecule has 0 aliphatic carbocycles. The summed E-state index contributed by atoms with van der Waals surface area (Å²) in [6.45, 7) is 2.00. The number of fused-ring (bicyclic) bond motifs is 2. The normalized spacial score (nSPS) is 26.3. The Morgan fingerprint density at radius 3 is 2.89 bits per heavy atom. The van der Waals surface area contributed by atoms with E-state index in [1.807, 2.05) is 24.3 Å². The van der Waals surface area contributed by atoms with Crippen molar-refractivity contribution >= 4 is 21.8 Å². The van der Waals surface area contributed by atoms with Crippen molar-refractivity contribution in [3.05, 3.63) is 34.3 Å². The van der Waals surface area contributed by atoms with E-state index in [9.17, 15) is 4.79 Å². The minimum absolute atomic E-state index is 0.281. The molecule has 2 bridgehead atoms. The maximum atomic E-state index is 12.6. The van der Waals surface area contributed by atoms with Crippen LogP contribution >= 0.6 is 15.9 Å². The van der Waals surface area contributed by atoms with E-state index in [0.29, 0.717) is 18.5 Å². The summed E-state index contributed by atoms with van der Waals surface area (Å²) in [5.74, 6) is 0.281. The number of nitrogens with zero attached hydrogens (tertiary/aromatic N) is 1. The molecule has 2 heterocycles. The van der Waals surface area contributed by atoms with Gasteiger partial charge in [-0.3, -0.25) is 4.79 Å². The molecule has 4 heteroatoms. The van der Waals surface area contributed by atoms with Crippen LogP contribution < -0.4 is 5.32 Å². The van der Waals surface area contributed by atoms with E-state index in [2.05, 4.69) is 26.1 Å². The molecule has 2 fully saturated rings. The van der Waals surface area contributed by atoms with Crippen LogP contribution in [0.5, 0.6) is 0 Å². The molecule has 3 nitrogen and oxygen atoms in total. The highest BCUT2D eigenvalue weighted by Crippen LogP contribution is 2.29. The number of carbonyl (C=O) groups excluding carboxylic acids is 1. The number of hydrogen-bond donors (Lipinski definition) is 1. The SMILES string of the molecule is O=C(Cc1ccccc1Br)N1C2CCNCC1CC2. The lowest BCUT2D eigenvalue weighted by Crippen LogP contribution is -2.43. The van der Waals surface area contributed by atoms with Gasteiger partial charge in [-0.15, -0.1) is 0 Å². The number of benzene rings is 1. The van der Waals surface area contributed by atoms with E-state index in [4.69, 9.17) is 0 Å². The van der Waals surface area contributed by atoms with Crippen molar-refractivity contribution in [2.45, 2.75) is 37.8 Å². The topological polar surface area (TPSA) is 32.3 Å². The van der Waals surface area contributed by atoms with E-state index in [1.165, 1.54) is 6.42 Å². The number of carbonyl (C=O) groups is 1. The number of amides is 1. The fraction of sp³-hybridized carbons (Fsp3) is 0.533. The van der Waals surface area contributed by atoms with Crippen LogP contribution in [-0.4, -0.2) is 36.0 Å². The Kier molecular flexibility index (Phi) is 3.89. The molecule has 0 aromatic heterocycles. The number of halogens is 1. The molecule has 0 spiro atoms. The maximum Gasteiger partial charge on any atom is 0.227 e. The lowest BCUT2D eigenvalue weighted by Gasteiger charge is -2.28. The molecule has 3 rings (SSSR count). The van der Waals surface area contributed by atoms with Crippen molar-refractivity contribution in [3.8, 4) is 0 Å². The standard InChI is InChI=1S/C15H19BrN2O/c16-14-4-2-1-3-11(14)9-15(19)18-12-5-6-13(18)10-17-8-7-12/h1-4,12-13,17H,5-10H2. The van der Waals surface area contributed by atoms with E-state index in [1.54, 1.807) is 0 Å². The largest absolute Gasteiger partial charge is 0.335 e. The summed E-state index contributed by atoms with van der Waals surface area (Å²) in [4.78, 5) is 14.8. The van der Waals surface area contributed by atoms with Crippen LogP contribution in [0.3, 0.4) is 0 Å². The molecule has 2 unspecified atom stereocenters. The van der Waals surface area contributed by atoms with E-state index < -0.39 is 0 Å². The number of nitrogens with one attached hydrogen (secondary N) is 1. The van der Waals surface area contributed by atoms with Crippen molar-refractivity contribution < 1.29 is 4.79 Å². The highest BCUT2D eigenvalue weighted by Gasteiger charge is 2.37. The van der Waals surface area contributed by atoms with Gasteiger partial charge in [0.2, 0.25) is 5.91 Å². The fourth-order valence-corrected chi connectivity index (χ4v) is 3.71. The third-order valence-corrected chi connectivity index (χ3v) is 5.02. The molecule has 1 amide bonds. The van der Waals surface area contributed by atoms with Gasteiger partial charge in [0.05, 0.1) is 6.42 Å². The quantitative estimate of drug-likeness (QED) is 0.906. The Labute approximate surface area is 122 Å². The first-order valence-electron chi connectivity index (χ1n) is 7.01. The smallest absolute Gasteiger partial charge is 0.227 e. The summed E-state index contributed by atoms with van der Waals surface area (Å²) in [5.41, 5.74) is 1.09. The third-order valence-electron chi connectivity index (χ3n) is 4.24. The first-order valence-corrected chi connectivity index (χ1v) is 7.80. The highest BCUT2D eigenvalue weighted by atomic mass is 79.9. The van der Waals surface area contributed by atoms with Gasteiger partial charge >= 0.3 is 0 Å². The van der Waals surface area contributed by atoms with Crippen LogP contribution in [0.25, 0.3) is 0 Å². The first kappa shape index (κ1) is 13.1. The van der Waals surface area contributed by atoms with Gasteiger partial charge in [-0.05, 0) is 37.4 Å². The van der Waals surface area contributed by atoms with Crippen molar-refractivity contribution in [1.82, 2.24) is 10.2 Å². The summed E-state index contributed by atoms with van der Waals surface area (Å²) in [7, 11) is 0. The molecular formula is C15H19BrN2O. The zero-order valence-corrected chi connectivity index (χ0v) is 12.5. The Morgan fingerprint density at radius 1 is 1.26 bits per heavy atom. The van der Waals surface area contributed by atoms with Crippen molar-refractivity contribution in [2.75, 3.05) is 13.1 Å². The van der Waals surface area contributed by atoms with E-state index in [0.717, 1.165) is 36.0 Å². The van der Waals surface area contributed by atoms with Gasteiger partial charge in [0, 0.05) is 23.1 Å². The van der Waals surface area contributed by atoms with Gasteiger partial charge in [0.25, 0.3) is 0 Å². The summed E-state index contributed by atoms with van der Waals surface area (Å²) in [5, 5.41) is 3.44. The van der Waals surface area contributed by atoms with Crippen LogP contribution in [0.15, 0.2) is 28.7 Å². The zero-order valence-electron chi connectivity index (χ0n) is 10.9. The highest BCUT2D eigenvalue weighted by molar-refractivity contribution is 9.10. The second-order valence-corrected chi connectivity index (χ2v) is 6.30. The molecule has 0 saturated carbocycles. The van der Waals surface area contributed by atoms with Gasteiger partial charge < -0.3 is 10.2 Å². The van der Waals surface area contributed by atoms with Gasteiger partial charge in [-0.1, -0.05) is 34.1 Å². The number of hydrogen-bond acceptors (Lipinski definition) is 2. The van der Waals surface area contributed by atoms with Crippen LogP contribution in [-0.2, 0) is 11.2 Å². The number of rotatable bonds is 2. The second kappa shape index (κ2) is 5.63. The third kappa shape index (κ3) is 2.70. The molecule has 1 aromatic carbocycles. The minimum atomic E-state index is 0.281. The Balaban J connectivity index is 1.75. The molecule has 2 aliphatic heterocycles. The van der Waals surface area contributed by atoms with Crippen LogP contribution in [0.4, 0.5) is 0 Å². The van der Waals surface area contributed by atoms with Gasteiger partial charge in [0.1, 0.15) is 0 Å².